The first-order valence-corrected chi connectivity index (χ1v) is 15.4. The van der Waals surface area contributed by atoms with Crippen LogP contribution in [0.5, 0.6) is 0 Å². The van der Waals surface area contributed by atoms with Crippen molar-refractivity contribution in [2.75, 3.05) is 38.0 Å². The molecule has 49 heavy (non-hydrogen) atoms. The van der Waals surface area contributed by atoms with Crippen molar-refractivity contribution >= 4 is 29.5 Å². The molecule has 6 N–H and O–H groups in total. The molecule has 1 saturated heterocycles. The zero-order valence-corrected chi connectivity index (χ0v) is 27.2. The number of nitrogens with zero attached hydrogens (tertiary/aromatic N) is 2. The number of alkyl halides is 6. The number of nitrogens with one attached hydrogen (secondary N) is 2. The van der Waals surface area contributed by atoms with E-state index >= 15 is 0 Å². The second-order valence-electron chi connectivity index (χ2n) is 12.5. The van der Waals surface area contributed by atoms with Crippen LogP contribution in [-0.2, 0) is 37.9 Å². The van der Waals surface area contributed by atoms with Gasteiger partial charge in [-0.25, -0.2) is 4.79 Å². The van der Waals surface area contributed by atoms with Crippen molar-refractivity contribution in [2.45, 2.75) is 63.7 Å². The maximum absolute atomic E-state index is 13.8. The van der Waals surface area contributed by atoms with Crippen LogP contribution in [0.4, 0.5) is 36.8 Å². The molecule has 11 nitrogen and oxygen atoms in total. The molecule has 0 saturated carbocycles. The summed E-state index contributed by atoms with van der Waals surface area (Å²) in [4.78, 5) is 56.4. The SMILES string of the molecule is CC(C)(C)OC(=O)N1C[C@@H](C(=O)N(CCN)CCN)CC1C(=O)N[C@@H](Cc1ccc(C(F)(F)F)cc1)C(=O)Nc1cccc(C(F)(F)F)c1. The monoisotopic (exact) mass is 702 g/mol. The molecule has 2 aromatic carbocycles. The zero-order chi connectivity index (χ0) is 36.7. The van der Waals surface area contributed by atoms with Gasteiger partial charge in [0.1, 0.15) is 17.7 Å². The highest BCUT2D eigenvalue weighted by molar-refractivity contribution is 5.99. The van der Waals surface area contributed by atoms with Gasteiger partial charge in [-0.3, -0.25) is 19.3 Å². The summed E-state index contributed by atoms with van der Waals surface area (Å²) >= 11 is 0. The number of ether oxygens (including phenoxy) is 1. The van der Waals surface area contributed by atoms with Crippen molar-refractivity contribution in [3.8, 4) is 0 Å². The van der Waals surface area contributed by atoms with Crippen LogP contribution in [0.25, 0.3) is 0 Å². The molecule has 17 heteroatoms. The number of amides is 4. The van der Waals surface area contributed by atoms with Crippen LogP contribution >= 0.6 is 0 Å². The summed E-state index contributed by atoms with van der Waals surface area (Å²) in [5, 5.41) is 4.81. The van der Waals surface area contributed by atoms with Gasteiger partial charge in [0.05, 0.1) is 17.0 Å². The third-order valence-corrected chi connectivity index (χ3v) is 7.50. The minimum atomic E-state index is -4.72. The predicted molar refractivity (Wildman–Crippen MR) is 167 cm³/mol. The fourth-order valence-corrected chi connectivity index (χ4v) is 5.23. The number of carbonyl (C=O) groups is 4. The highest BCUT2D eigenvalue weighted by Gasteiger charge is 2.45. The largest absolute Gasteiger partial charge is 0.444 e. The first-order valence-electron chi connectivity index (χ1n) is 15.4. The van der Waals surface area contributed by atoms with Gasteiger partial charge in [-0.2, -0.15) is 26.3 Å². The third kappa shape index (κ3) is 11.1. The van der Waals surface area contributed by atoms with E-state index in [1.165, 1.54) is 11.0 Å². The summed E-state index contributed by atoms with van der Waals surface area (Å²) in [5.41, 5.74) is 8.21. The predicted octanol–water partition coefficient (Wildman–Crippen LogP) is 3.76. The fraction of sp³-hybridized carbons (Fsp3) is 0.500. The molecule has 0 aliphatic carbocycles. The van der Waals surface area contributed by atoms with E-state index in [9.17, 15) is 45.5 Å². The number of anilines is 1. The molecule has 1 aliphatic heterocycles. The first kappa shape index (κ1) is 39.1. The second-order valence-corrected chi connectivity index (χ2v) is 12.5. The summed E-state index contributed by atoms with van der Waals surface area (Å²) in [6, 6.07) is 4.61. The average Bonchev–Trinajstić information content (AvgIpc) is 3.45. The number of halogens is 6. The van der Waals surface area contributed by atoms with Crippen molar-refractivity contribution in [1.29, 1.82) is 0 Å². The maximum atomic E-state index is 13.8. The van der Waals surface area contributed by atoms with Crippen LogP contribution in [0.2, 0.25) is 0 Å². The second kappa shape index (κ2) is 15.9. The van der Waals surface area contributed by atoms with Crippen LogP contribution in [0.3, 0.4) is 0 Å². The quantitative estimate of drug-likeness (QED) is 0.260. The molecular formula is C32H40F6N6O5. The van der Waals surface area contributed by atoms with Crippen LogP contribution in [-0.4, -0.2) is 84.0 Å². The highest BCUT2D eigenvalue weighted by Crippen LogP contribution is 2.32. The number of benzene rings is 2. The van der Waals surface area contributed by atoms with Crippen LogP contribution < -0.4 is 22.1 Å². The Labute approximate surface area is 279 Å². The third-order valence-electron chi connectivity index (χ3n) is 7.50. The Morgan fingerprint density at radius 1 is 0.918 bits per heavy atom. The lowest BCUT2D eigenvalue weighted by atomic mass is 10.0. The van der Waals surface area contributed by atoms with Gasteiger partial charge in [-0.1, -0.05) is 18.2 Å². The molecular weight excluding hydrogens is 662 g/mol. The average molecular weight is 703 g/mol. The minimum Gasteiger partial charge on any atom is -0.444 e. The summed E-state index contributed by atoms with van der Waals surface area (Å²) in [7, 11) is 0. The summed E-state index contributed by atoms with van der Waals surface area (Å²) < 4.78 is 84.9. The number of nitrogens with two attached hydrogens (primary N) is 2. The van der Waals surface area contributed by atoms with Crippen molar-refractivity contribution in [2.24, 2.45) is 17.4 Å². The van der Waals surface area contributed by atoms with Gasteiger partial charge < -0.3 is 31.7 Å². The molecule has 1 unspecified atom stereocenters. The van der Waals surface area contributed by atoms with Gasteiger partial charge in [0.25, 0.3) is 0 Å². The Balaban J connectivity index is 1.94. The zero-order valence-electron chi connectivity index (χ0n) is 27.2. The molecule has 2 aromatic rings. The Kier molecular flexibility index (Phi) is 12.7. The van der Waals surface area contributed by atoms with Crippen molar-refractivity contribution in [1.82, 2.24) is 15.1 Å². The summed E-state index contributed by atoms with van der Waals surface area (Å²) in [6.45, 7) is 5.16. The molecule has 3 atom stereocenters. The van der Waals surface area contributed by atoms with Gasteiger partial charge in [0.2, 0.25) is 17.7 Å². The van der Waals surface area contributed by atoms with E-state index in [4.69, 9.17) is 16.2 Å². The summed E-state index contributed by atoms with van der Waals surface area (Å²) in [6.07, 6.45) is -10.8. The topological polar surface area (TPSA) is 160 Å². The molecule has 270 valence electrons. The van der Waals surface area contributed by atoms with Crippen LogP contribution in [0.1, 0.15) is 43.9 Å². The van der Waals surface area contributed by atoms with Crippen LogP contribution in [0.15, 0.2) is 48.5 Å². The van der Waals surface area contributed by atoms with E-state index in [1.54, 1.807) is 20.8 Å². The molecule has 1 fully saturated rings. The van der Waals surface area contributed by atoms with Gasteiger partial charge in [-0.05, 0) is 63.1 Å². The Hall–Kier alpha value is -4.38. The van der Waals surface area contributed by atoms with Gasteiger partial charge in [0, 0.05) is 44.8 Å². The van der Waals surface area contributed by atoms with E-state index in [0.29, 0.717) is 6.07 Å². The van der Waals surface area contributed by atoms with Gasteiger partial charge >= 0.3 is 18.4 Å². The minimum absolute atomic E-state index is 0.130. The molecule has 1 aliphatic rings. The molecule has 0 aromatic heterocycles. The molecule has 1 heterocycles. The number of rotatable bonds is 11. The Morgan fingerprint density at radius 3 is 2.04 bits per heavy atom. The van der Waals surface area contributed by atoms with E-state index < -0.39 is 70.9 Å². The van der Waals surface area contributed by atoms with E-state index in [0.717, 1.165) is 41.3 Å². The fourth-order valence-electron chi connectivity index (χ4n) is 5.23. The van der Waals surface area contributed by atoms with E-state index in [2.05, 4.69) is 10.6 Å². The molecule has 0 bridgehead atoms. The Morgan fingerprint density at radius 2 is 1.51 bits per heavy atom. The normalized spacial score (nSPS) is 17.3. The van der Waals surface area contributed by atoms with E-state index in [1.807, 2.05) is 0 Å². The number of hydrogen-bond donors (Lipinski definition) is 4. The maximum Gasteiger partial charge on any atom is 0.416 e. The van der Waals surface area contributed by atoms with E-state index in [-0.39, 0.29) is 56.8 Å². The highest BCUT2D eigenvalue weighted by atomic mass is 19.4. The molecule has 4 amide bonds. The molecule has 3 rings (SSSR count). The number of carbonyl (C=O) groups excluding carboxylic acids is 4. The molecule has 0 spiro atoms. The number of likely N-dealkylation sites (tertiary alicyclic amines) is 1. The lowest BCUT2D eigenvalue weighted by Gasteiger charge is -2.29. The molecule has 0 radical (unpaired) electrons. The number of hydrogen-bond acceptors (Lipinski definition) is 7. The smallest absolute Gasteiger partial charge is 0.416 e. The van der Waals surface area contributed by atoms with Gasteiger partial charge in [-0.15, -0.1) is 0 Å². The Bertz CT molecular complexity index is 1470. The van der Waals surface area contributed by atoms with Gasteiger partial charge in [0.15, 0.2) is 0 Å². The standard InChI is InChI=1S/C32H40F6N6O5/c1-30(2,3)49-29(48)44-18-20(28(47)43(13-11-39)14-12-40)16-25(44)27(46)42-24(15-19-7-9-21(10-8-19)31(33,34)35)26(45)41-23-6-4-5-22(17-23)32(36,37)38/h4-10,17,20,24-25H,11-16,18,39-40H2,1-3H3,(H,41,45)(H,42,46)/t20-,24-,25?/m0/s1. The van der Waals surface area contributed by atoms with Crippen LogP contribution in [0, 0.1) is 5.92 Å². The summed E-state index contributed by atoms with van der Waals surface area (Å²) in [5.74, 6) is -3.18. The van der Waals surface area contributed by atoms with Crippen molar-refractivity contribution in [3.05, 3.63) is 65.2 Å². The lowest BCUT2D eigenvalue weighted by molar-refractivity contribution is -0.138. The lowest BCUT2D eigenvalue weighted by Crippen LogP contribution is -2.53. The first-order chi connectivity index (χ1) is 22.7. The van der Waals surface area contributed by atoms with Crippen molar-refractivity contribution in [3.63, 3.8) is 0 Å². The van der Waals surface area contributed by atoms with Crippen molar-refractivity contribution < 1.29 is 50.3 Å².